The molecule has 2 heterocycles. The number of aryl methyl sites for hydroxylation is 1. The first-order valence-electron chi connectivity index (χ1n) is 5.23. The van der Waals surface area contributed by atoms with Gasteiger partial charge in [0.25, 0.3) is 0 Å². The van der Waals surface area contributed by atoms with Crippen LogP contribution in [0.15, 0.2) is 18.3 Å². The molecule has 0 aliphatic rings. The minimum atomic E-state index is 0.275. The molecule has 0 aliphatic carbocycles. The number of hydrogen-bond acceptors (Lipinski definition) is 4. The molecule has 0 saturated carbocycles. The predicted octanol–water partition coefficient (Wildman–Crippen LogP) is 1.68. The largest absolute Gasteiger partial charge is 0.368 e. The summed E-state index contributed by atoms with van der Waals surface area (Å²) in [5, 5.41) is 4.43. The maximum absolute atomic E-state index is 5.60. The maximum atomic E-state index is 5.60. The minimum absolute atomic E-state index is 0.275. The number of nitrogens with zero attached hydrogens (tertiary/aromatic N) is 4. The molecule has 2 N–H and O–H groups in total. The lowest BCUT2D eigenvalue weighted by molar-refractivity contribution is 0.755. The highest BCUT2D eigenvalue weighted by atomic mass is 15.3. The van der Waals surface area contributed by atoms with E-state index in [-0.39, 0.29) is 5.95 Å². The molecule has 0 unspecified atom stereocenters. The van der Waals surface area contributed by atoms with Crippen molar-refractivity contribution in [3.8, 4) is 5.82 Å². The number of anilines is 1. The van der Waals surface area contributed by atoms with Gasteiger partial charge in [0.1, 0.15) is 0 Å². The summed E-state index contributed by atoms with van der Waals surface area (Å²) in [5.74, 6) is 1.38. The van der Waals surface area contributed by atoms with Crippen molar-refractivity contribution in [1.82, 2.24) is 19.7 Å². The van der Waals surface area contributed by atoms with Gasteiger partial charge in [-0.1, -0.05) is 13.8 Å². The molecule has 2 rings (SSSR count). The number of nitrogens with two attached hydrogens (primary N) is 1. The molecule has 0 aliphatic heterocycles. The summed E-state index contributed by atoms with van der Waals surface area (Å²) in [6.45, 7) is 6.09. The van der Waals surface area contributed by atoms with Crippen molar-refractivity contribution in [2.75, 3.05) is 5.73 Å². The van der Waals surface area contributed by atoms with Crippen LogP contribution in [0.4, 0.5) is 5.95 Å². The monoisotopic (exact) mass is 217 g/mol. The van der Waals surface area contributed by atoms with Crippen LogP contribution in [-0.4, -0.2) is 19.7 Å². The van der Waals surface area contributed by atoms with Crippen LogP contribution < -0.4 is 5.73 Å². The van der Waals surface area contributed by atoms with Crippen molar-refractivity contribution in [3.05, 3.63) is 29.7 Å². The molecule has 0 bridgehead atoms. The van der Waals surface area contributed by atoms with Gasteiger partial charge in [-0.25, -0.2) is 9.67 Å². The smallest absolute Gasteiger partial charge is 0.222 e. The highest BCUT2D eigenvalue weighted by molar-refractivity contribution is 5.31. The third-order valence-corrected chi connectivity index (χ3v) is 2.29. The molecule has 0 fully saturated rings. The lowest BCUT2D eigenvalue weighted by Crippen LogP contribution is -2.05. The predicted molar refractivity (Wildman–Crippen MR) is 62.4 cm³/mol. The Bertz CT molecular complexity index is 481. The fraction of sp³-hybridized carbons (Fsp3) is 0.364. The van der Waals surface area contributed by atoms with Crippen molar-refractivity contribution in [3.63, 3.8) is 0 Å². The molecule has 2 aromatic rings. The van der Waals surface area contributed by atoms with Gasteiger partial charge in [0.2, 0.25) is 5.95 Å². The number of hydrogen-bond donors (Lipinski definition) is 1. The van der Waals surface area contributed by atoms with Crippen LogP contribution in [0.25, 0.3) is 5.82 Å². The second-order valence-corrected chi connectivity index (χ2v) is 4.07. The Labute approximate surface area is 94.3 Å². The third kappa shape index (κ3) is 2.03. The Morgan fingerprint density at radius 1 is 1.31 bits per heavy atom. The van der Waals surface area contributed by atoms with Crippen LogP contribution in [0.3, 0.4) is 0 Å². The van der Waals surface area contributed by atoms with Gasteiger partial charge < -0.3 is 5.73 Å². The van der Waals surface area contributed by atoms with Crippen LogP contribution in [0.1, 0.15) is 31.2 Å². The summed E-state index contributed by atoms with van der Waals surface area (Å²) in [6, 6.07) is 3.84. The van der Waals surface area contributed by atoms with Crippen molar-refractivity contribution in [2.45, 2.75) is 26.7 Å². The van der Waals surface area contributed by atoms with E-state index in [4.69, 9.17) is 5.73 Å². The summed E-state index contributed by atoms with van der Waals surface area (Å²) in [5.41, 5.74) is 7.47. The average molecular weight is 217 g/mol. The summed E-state index contributed by atoms with van der Waals surface area (Å²) < 4.78 is 1.72. The standard InChI is InChI=1S/C11H15N5/c1-7(2)9-4-5-16(15-9)10-6-8(3)13-11(12)14-10/h4-7H,1-3H3,(H2,12,13,14). The molecular weight excluding hydrogens is 202 g/mol. The van der Waals surface area contributed by atoms with Gasteiger partial charge in [-0.05, 0) is 18.9 Å². The van der Waals surface area contributed by atoms with E-state index in [0.29, 0.717) is 11.7 Å². The van der Waals surface area contributed by atoms with Gasteiger partial charge in [-0.15, -0.1) is 0 Å². The third-order valence-electron chi connectivity index (χ3n) is 2.29. The van der Waals surface area contributed by atoms with Crippen LogP contribution in [0, 0.1) is 6.92 Å². The first kappa shape index (κ1) is 10.6. The fourth-order valence-corrected chi connectivity index (χ4v) is 1.47. The summed E-state index contributed by atoms with van der Waals surface area (Å²) in [7, 11) is 0. The molecule has 84 valence electrons. The Kier molecular flexibility index (Phi) is 2.60. The molecule has 5 heteroatoms. The topological polar surface area (TPSA) is 69.6 Å². The maximum Gasteiger partial charge on any atom is 0.222 e. The van der Waals surface area contributed by atoms with E-state index in [0.717, 1.165) is 11.4 Å². The quantitative estimate of drug-likeness (QED) is 0.830. The molecule has 16 heavy (non-hydrogen) atoms. The highest BCUT2D eigenvalue weighted by Gasteiger charge is 2.06. The van der Waals surface area contributed by atoms with E-state index in [9.17, 15) is 0 Å². The Morgan fingerprint density at radius 3 is 2.62 bits per heavy atom. The zero-order valence-corrected chi connectivity index (χ0v) is 9.68. The van der Waals surface area contributed by atoms with Gasteiger partial charge in [0.05, 0.1) is 5.69 Å². The molecule has 0 spiro atoms. The molecule has 5 nitrogen and oxygen atoms in total. The van der Waals surface area contributed by atoms with Crippen LogP contribution in [0.5, 0.6) is 0 Å². The fourth-order valence-electron chi connectivity index (χ4n) is 1.47. The number of nitrogen functional groups attached to an aromatic ring is 1. The lowest BCUT2D eigenvalue weighted by Gasteiger charge is -2.03. The molecule has 0 saturated heterocycles. The zero-order chi connectivity index (χ0) is 11.7. The second-order valence-electron chi connectivity index (χ2n) is 4.07. The van der Waals surface area contributed by atoms with Gasteiger partial charge in [-0.3, -0.25) is 0 Å². The van der Waals surface area contributed by atoms with Gasteiger partial charge in [0.15, 0.2) is 5.82 Å². The Hall–Kier alpha value is -1.91. The SMILES string of the molecule is Cc1cc(-n2ccc(C(C)C)n2)nc(N)n1. The zero-order valence-electron chi connectivity index (χ0n) is 9.68. The molecule has 2 aromatic heterocycles. The highest BCUT2D eigenvalue weighted by Crippen LogP contribution is 2.13. The van der Waals surface area contributed by atoms with Crippen LogP contribution in [-0.2, 0) is 0 Å². The number of rotatable bonds is 2. The van der Waals surface area contributed by atoms with E-state index in [1.807, 2.05) is 25.3 Å². The summed E-state index contributed by atoms with van der Waals surface area (Å²) >= 11 is 0. The van der Waals surface area contributed by atoms with Crippen molar-refractivity contribution in [1.29, 1.82) is 0 Å². The van der Waals surface area contributed by atoms with Crippen molar-refractivity contribution in [2.24, 2.45) is 0 Å². The normalized spacial score (nSPS) is 11.0. The molecule has 0 amide bonds. The van der Waals surface area contributed by atoms with Gasteiger partial charge in [-0.2, -0.15) is 10.1 Å². The van der Waals surface area contributed by atoms with E-state index in [1.165, 1.54) is 0 Å². The molecular formula is C11H15N5. The number of aromatic nitrogens is 4. The Balaban J connectivity index is 2.42. The molecule has 0 aromatic carbocycles. The van der Waals surface area contributed by atoms with E-state index >= 15 is 0 Å². The van der Waals surface area contributed by atoms with Gasteiger partial charge in [0, 0.05) is 18.0 Å². The first-order chi connectivity index (χ1) is 7.56. The van der Waals surface area contributed by atoms with E-state index in [2.05, 4.69) is 28.9 Å². The summed E-state index contributed by atoms with van der Waals surface area (Å²) in [4.78, 5) is 8.17. The van der Waals surface area contributed by atoms with Crippen LogP contribution in [0.2, 0.25) is 0 Å². The second kappa shape index (κ2) is 3.92. The van der Waals surface area contributed by atoms with Crippen LogP contribution >= 0.6 is 0 Å². The van der Waals surface area contributed by atoms with Crippen molar-refractivity contribution < 1.29 is 0 Å². The van der Waals surface area contributed by atoms with E-state index < -0.39 is 0 Å². The van der Waals surface area contributed by atoms with E-state index in [1.54, 1.807) is 4.68 Å². The Morgan fingerprint density at radius 2 is 2.06 bits per heavy atom. The van der Waals surface area contributed by atoms with Crippen molar-refractivity contribution >= 4 is 5.95 Å². The average Bonchev–Trinajstić information content (AvgIpc) is 2.64. The summed E-state index contributed by atoms with van der Waals surface area (Å²) in [6.07, 6.45) is 1.89. The molecule has 0 atom stereocenters. The first-order valence-corrected chi connectivity index (χ1v) is 5.23. The molecule has 0 radical (unpaired) electrons. The minimum Gasteiger partial charge on any atom is -0.368 e. The lowest BCUT2D eigenvalue weighted by atomic mass is 10.1. The van der Waals surface area contributed by atoms with Gasteiger partial charge >= 0.3 is 0 Å².